The molecular weight excluding hydrogens is 386 g/mol. The lowest BCUT2D eigenvalue weighted by atomic mass is 10.1. The van der Waals surface area contributed by atoms with Gasteiger partial charge in [-0.3, -0.25) is 4.79 Å². The van der Waals surface area contributed by atoms with Crippen molar-refractivity contribution in [3.05, 3.63) is 95.6 Å². The van der Waals surface area contributed by atoms with Crippen LogP contribution < -0.4 is 15.0 Å². The zero-order chi connectivity index (χ0) is 20.9. The number of ether oxygens (including phenoxy) is 1. The molecule has 0 fully saturated rings. The first-order valence-corrected chi connectivity index (χ1v) is 9.82. The molecule has 30 heavy (non-hydrogen) atoms. The fourth-order valence-electron chi connectivity index (χ4n) is 3.55. The Hall–Kier alpha value is -3.41. The quantitative estimate of drug-likeness (QED) is 0.656. The number of nitrogens with zero attached hydrogens (tertiary/aromatic N) is 1. The fourth-order valence-corrected chi connectivity index (χ4v) is 3.55. The predicted molar refractivity (Wildman–Crippen MR) is 111 cm³/mol. The van der Waals surface area contributed by atoms with Crippen molar-refractivity contribution < 1.29 is 18.3 Å². The molecule has 154 valence electrons. The summed E-state index contributed by atoms with van der Waals surface area (Å²) in [5.41, 5.74) is 2.69. The Balaban J connectivity index is 1.46. The van der Waals surface area contributed by atoms with Crippen LogP contribution in [0.25, 0.3) is 0 Å². The number of fused-ring (bicyclic) bond motifs is 1. The molecule has 0 saturated carbocycles. The van der Waals surface area contributed by atoms with Crippen LogP contribution in [-0.4, -0.2) is 18.6 Å². The Morgan fingerprint density at radius 1 is 0.933 bits per heavy atom. The number of hydrogen-bond acceptors (Lipinski definition) is 3. The van der Waals surface area contributed by atoms with Crippen LogP contribution in [0, 0.1) is 11.6 Å². The summed E-state index contributed by atoms with van der Waals surface area (Å²) in [5.74, 6) is 0.0661. The summed E-state index contributed by atoms with van der Waals surface area (Å²) in [4.78, 5) is 14.7. The van der Waals surface area contributed by atoms with E-state index >= 15 is 0 Å². The minimum absolute atomic E-state index is 0.114. The van der Waals surface area contributed by atoms with Crippen LogP contribution in [0.3, 0.4) is 0 Å². The summed E-state index contributed by atoms with van der Waals surface area (Å²) in [6.45, 7) is 1.25. The summed E-state index contributed by atoms with van der Waals surface area (Å²) in [7, 11) is 0. The van der Waals surface area contributed by atoms with Gasteiger partial charge in [-0.1, -0.05) is 36.4 Å². The van der Waals surface area contributed by atoms with Crippen molar-refractivity contribution in [3.8, 4) is 5.75 Å². The Morgan fingerprint density at radius 2 is 1.57 bits per heavy atom. The van der Waals surface area contributed by atoms with Gasteiger partial charge in [-0.05, 0) is 47.5 Å². The summed E-state index contributed by atoms with van der Waals surface area (Å²) in [5, 5.41) is 2.89. The first kappa shape index (κ1) is 19.9. The van der Waals surface area contributed by atoms with E-state index in [4.69, 9.17) is 4.74 Å². The van der Waals surface area contributed by atoms with E-state index in [1.54, 1.807) is 24.3 Å². The van der Waals surface area contributed by atoms with E-state index in [9.17, 15) is 13.6 Å². The third kappa shape index (κ3) is 4.76. The average molecular weight is 408 g/mol. The topological polar surface area (TPSA) is 41.6 Å². The van der Waals surface area contributed by atoms with Gasteiger partial charge in [0.2, 0.25) is 5.91 Å². The third-order valence-electron chi connectivity index (χ3n) is 5.14. The van der Waals surface area contributed by atoms with Crippen molar-refractivity contribution in [1.82, 2.24) is 5.32 Å². The molecule has 0 spiro atoms. The van der Waals surface area contributed by atoms with Crippen molar-refractivity contribution in [1.29, 1.82) is 0 Å². The lowest BCUT2D eigenvalue weighted by molar-refractivity contribution is -0.121. The minimum atomic E-state index is -0.306. The normalized spacial score (nSPS) is 15.3. The van der Waals surface area contributed by atoms with E-state index < -0.39 is 0 Å². The van der Waals surface area contributed by atoms with Crippen LogP contribution >= 0.6 is 0 Å². The standard InChI is InChI=1S/C24H22F2N2O2/c25-19-9-5-17(6-10-19)14-27-24(29)13-21-16-30-23-4-2-1-3-22(23)28(21)15-18-7-11-20(26)12-8-18/h1-12,21H,13-16H2,(H,27,29)/t21-/m0/s1. The number of amides is 1. The second-order valence-electron chi connectivity index (χ2n) is 7.29. The van der Waals surface area contributed by atoms with Gasteiger partial charge in [0.25, 0.3) is 0 Å². The molecule has 0 unspecified atom stereocenters. The maximum absolute atomic E-state index is 13.3. The fraction of sp³-hybridized carbons (Fsp3) is 0.208. The molecule has 0 aliphatic carbocycles. The van der Waals surface area contributed by atoms with Gasteiger partial charge in [0.1, 0.15) is 24.0 Å². The van der Waals surface area contributed by atoms with Gasteiger partial charge in [0.15, 0.2) is 0 Å². The highest BCUT2D eigenvalue weighted by atomic mass is 19.1. The van der Waals surface area contributed by atoms with Gasteiger partial charge in [0.05, 0.1) is 18.2 Å². The number of anilines is 1. The first-order valence-electron chi connectivity index (χ1n) is 9.82. The number of nitrogens with one attached hydrogen (secondary N) is 1. The van der Waals surface area contributed by atoms with Gasteiger partial charge < -0.3 is 15.0 Å². The third-order valence-corrected chi connectivity index (χ3v) is 5.14. The molecular formula is C24H22F2N2O2. The number of halogens is 2. The number of carbonyl (C=O) groups excluding carboxylic acids is 1. The smallest absolute Gasteiger partial charge is 0.222 e. The Bertz CT molecular complexity index is 1010. The number of para-hydroxylation sites is 2. The molecule has 3 aromatic carbocycles. The lowest BCUT2D eigenvalue weighted by Crippen LogP contribution is -2.45. The summed E-state index contributed by atoms with van der Waals surface area (Å²) < 4.78 is 32.2. The molecule has 4 rings (SSSR count). The number of carbonyl (C=O) groups is 1. The maximum atomic E-state index is 13.3. The van der Waals surface area contributed by atoms with Crippen LogP contribution in [0.1, 0.15) is 17.5 Å². The highest BCUT2D eigenvalue weighted by Crippen LogP contribution is 2.35. The van der Waals surface area contributed by atoms with Gasteiger partial charge >= 0.3 is 0 Å². The Labute approximate surface area is 174 Å². The Morgan fingerprint density at radius 3 is 2.27 bits per heavy atom. The highest BCUT2D eigenvalue weighted by Gasteiger charge is 2.29. The lowest BCUT2D eigenvalue weighted by Gasteiger charge is -2.38. The van der Waals surface area contributed by atoms with E-state index in [2.05, 4.69) is 10.2 Å². The molecule has 1 N–H and O–H groups in total. The molecule has 4 nitrogen and oxygen atoms in total. The monoisotopic (exact) mass is 408 g/mol. The Kier molecular flexibility index (Phi) is 5.93. The molecule has 0 saturated heterocycles. The molecule has 0 bridgehead atoms. The molecule has 6 heteroatoms. The number of hydrogen-bond donors (Lipinski definition) is 1. The van der Waals surface area contributed by atoms with E-state index in [0.717, 1.165) is 22.6 Å². The molecule has 3 aromatic rings. The zero-order valence-corrected chi connectivity index (χ0v) is 16.4. The van der Waals surface area contributed by atoms with Gasteiger partial charge in [-0.15, -0.1) is 0 Å². The van der Waals surface area contributed by atoms with Crippen LogP contribution in [0.2, 0.25) is 0 Å². The summed E-state index contributed by atoms with van der Waals surface area (Å²) in [6, 6.07) is 19.9. The van der Waals surface area contributed by atoms with Gasteiger partial charge in [0, 0.05) is 13.1 Å². The zero-order valence-electron chi connectivity index (χ0n) is 16.4. The predicted octanol–water partition coefficient (Wildman–Crippen LogP) is 4.44. The molecule has 1 aliphatic heterocycles. The second kappa shape index (κ2) is 8.95. The van der Waals surface area contributed by atoms with Gasteiger partial charge in [-0.2, -0.15) is 0 Å². The van der Waals surface area contributed by atoms with Crippen molar-refractivity contribution in [3.63, 3.8) is 0 Å². The SMILES string of the molecule is O=C(C[C@H]1COc2ccccc2N1Cc1ccc(F)cc1)NCc1ccc(F)cc1. The van der Waals surface area contributed by atoms with Crippen molar-refractivity contribution in [2.45, 2.75) is 25.6 Å². The highest BCUT2D eigenvalue weighted by molar-refractivity contribution is 5.77. The number of benzene rings is 3. The molecule has 1 aliphatic rings. The maximum Gasteiger partial charge on any atom is 0.222 e. The van der Waals surface area contributed by atoms with Crippen molar-refractivity contribution in [2.75, 3.05) is 11.5 Å². The van der Waals surface area contributed by atoms with E-state index in [1.807, 2.05) is 24.3 Å². The largest absolute Gasteiger partial charge is 0.489 e. The first-order chi connectivity index (χ1) is 14.6. The van der Waals surface area contributed by atoms with Crippen LogP contribution in [0.15, 0.2) is 72.8 Å². The number of rotatable bonds is 6. The van der Waals surface area contributed by atoms with Crippen LogP contribution in [0.5, 0.6) is 5.75 Å². The summed E-state index contributed by atoms with van der Waals surface area (Å²) >= 11 is 0. The molecule has 1 atom stereocenters. The van der Waals surface area contributed by atoms with Crippen molar-refractivity contribution in [2.24, 2.45) is 0 Å². The van der Waals surface area contributed by atoms with E-state index in [-0.39, 0.29) is 30.0 Å². The molecule has 1 heterocycles. The molecule has 1 amide bonds. The van der Waals surface area contributed by atoms with Gasteiger partial charge in [-0.25, -0.2) is 8.78 Å². The van der Waals surface area contributed by atoms with E-state index in [0.29, 0.717) is 19.7 Å². The minimum Gasteiger partial charge on any atom is -0.489 e. The molecule has 0 aromatic heterocycles. The van der Waals surface area contributed by atoms with Crippen LogP contribution in [0.4, 0.5) is 14.5 Å². The van der Waals surface area contributed by atoms with Crippen LogP contribution in [-0.2, 0) is 17.9 Å². The average Bonchev–Trinajstić information content (AvgIpc) is 2.76. The summed E-state index contributed by atoms with van der Waals surface area (Å²) in [6.07, 6.45) is 0.247. The van der Waals surface area contributed by atoms with E-state index in [1.165, 1.54) is 24.3 Å². The molecule has 0 radical (unpaired) electrons. The second-order valence-corrected chi connectivity index (χ2v) is 7.29. The van der Waals surface area contributed by atoms with Crippen molar-refractivity contribution >= 4 is 11.6 Å².